The number of rotatable bonds is 4. The van der Waals surface area contributed by atoms with Crippen LogP contribution in [-0.2, 0) is 0 Å². The minimum atomic E-state index is 0. The number of hydrogen-bond donors (Lipinski definition) is 1. The molecule has 0 aliphatic rings. The number of carbonyl (C=O) groups is 1. The Balaban J connectivity index is 0.00000256. The molecule has 0 aliphatic carbocycles. The number of halogens is 2. The fraction of sp³-hybridized carbons (Fsp3) is 0.417. The summed E-state index contributed by atoms with van der Waals surface area (Å²) in [6, 6.07) is 5.39. The summed E-state index contributed by atoms with van der Waals surface area (Å²) < 4.78 is 0. The van der Waals surface area contributed by atoms with Gasteiger partial charge in [-0.2, -0.15) is 0 Å². The van der Waals surface area contributed by atoms with Gasteiger partial charge >= 0.3 is 0 Å². The molecule has 0 spiro atoms. The molecule has 0 heterocycles. The fourth-order valence-corrected chi connectivity index (χ4v) is 1.75. The van der Waals surface area contributed by atoms with Crippen molar-refractivity contribution < 1.29 is 4.79 Å². The predicted octanol–water partition coefficient (Wildman–Crippen LogP) is 2.36. The zero-order valence-corrected chi connectivity index (χ0v) is 11.9. The SMILES string of the molecule is CNCCN(C)C(=O)c1cc(C)cc(Cl)c1.Cl. The second-order valence-electron chi connectivity index (χ2n) is 3.85. The van der Waals surface area contributed by atoms with Gasteiger partial charge in [-0.1, -0.05) is 11.6 Å². The van der Waals surface area contributed by atoms with Gasteiger partial charge in [-0.3, -0.25) is 4.79 Å². The van der Waals surface area contributed by atoms with Gasteiger partial charge in [0.1, 0.15) is 0 Å². The number of carbonyl (C=O) groups excluding carboxylic acids is 1. The Hall–Kier alpha value is -0.770. The van der Waals surface area contributed by atoms with E-state index in [1.165, 1.54) is 0 Å². The average Bonchev–Trinajstić information content (AvgIpc) is 2.23. The molecular weight excluding hydrogens is 259 g/mol. The highest BCUT2D eigenvalue weighted by molar-refractivity contribution is 6.31. The number of aryl methyl sites for hydroxylation is 1. The summed E-state index contributed by atoms with van der Waals surface area (Å²) in [6.07, 6.45) is 0. The summed E-state index contributed by atoms with van der Waals surface area (Å²) in [5.41, 5.74) is 1.64. The Kier molecular flexibility index (Phi) is 7.19. The van der Waals surface area contributed by atoms with E-state index in [-0.39, 0.29) is 18.3 Å². The smallest absolute Gasteiger partial charge is 0.253 e. The Morgan fingerprint density at radius 1 is 1.41 bits per heavy atom. The van der Waals surface area contributed by atoms with E-state index in [0.717, 1.165) is 12.1 Å². The Morgan fingerprint density at radius 3 is 2.59 bits per heavy atom. The fourth-order valence-electron chi connectivity index (χ4n) is 1.46. The molecule has 1 amide bonds. The quantitative estimate of drug-likeness (QED) is 0.916. The Morgan fingerprint density at radius 2 is 2.06 bits per heavy atom. The average molecular weight is 277 g/mol. The van der Waals surface area contributed by atoms with Crippen LogP contribution in [0.25, 0.3) is 0 Å². The molecule has 96 valence electrons. The summed E-state index contributed by atoms with van der Waals surface area (Å²) in [4.78, 5) is 13.7. The van der Waals surface area contributed by atoms with E-state index in [9.17, 15) is 4.79 Å². The van der Waals surface area contributed by atoms with Gasteiger partial charge in [-0.05, 0) is 37.7 Å². The molecule has 0 aliphatic heterocycles. The summed E-state index contributed by atoms with van der Waals surface area (Å²) >= 11 is 5.92. The monoisotopic (exact) mass is 276 g/mol. The van der Waals surface area contributed by atoms with Crippen molar-refractivity contribution in [2.45, 2.75) is 6.92 Å². The van der Waals surface area contributed by atoms with E-state index in [1.54, 1.807) is 18.0 Å². The van der Waals surface area contributed by atoms with Crippen molar-refractivity contribution in [1.29, 1.82) is 0 Å². The third-order valence-corrected chi connectivity index (χ3v) is 2.55. The number of nitrogens with zero attached hydrogens (tertiary/aromatic N) is 1. The van der Waals surface area contributed by atoms with E-state index < -0.39 is 0 Å². The van der Waals surface area contributed by atoms with Gasteiger partial charge in [0.05, 0.1) is 0 Å². The van der Waals surface area contributed by atoms with Gasteiger partial charge in [0.25, 0.3) is 5.91 Å². The summed E-state index contributed by atoms with van der Waals surface area (Å²) in [6.45, 7) is 3.39. The number of benzene rings is 1. The first-order valence-corrected chi connectivity index (χ1v) is 5.59. The predicted molar refractivity (Wildman–Crippen MR) is 74.3 cm³/mol. The molecule has 5 heteroatoms. The third kappa shape index (κ3) is 4.94. The van der Waals surface area contributed by atoms with E-state index in [2.05, 4.69) is 5.32 Å². The largest absolute Gasteiger partial charge is 0.340 e. The summed E-state index contributed by atoms with van der Waals surface area (Å²) in [5.74, 6) is 0.000787. The lowest BCUT2D eigenvalue weighted by atomic mass is 10.1. The van der Waals surface area contributed by atoms with E-state index >= 15 is 0 Å². The number of hydrogen-bond acceptors (Lipinski definition) is 2. The summed E-state index contributed by atoms with van der Waals surface area (Å²) in [7, 11) is 3.65. The first kappa shape index (κ1) is 16.2. The highest BCUT2D eigenvalue weighted by Crippen LogP contribution is 2.15. The lowest BCUT2D eigenvalue weighted by Crippen LogP contribution is -2.32. The van der Waals surface area contributed by atoms with Gasteiger partial charge < -0.3 is 10.2 Å². The van der Waals surface area contributed by atoms with Crippen molar-refractivity contribution in [3.05, 3.63) is 34.3 Å². The van der Waals surface area contributed by atoms with Crippen LogP contribution in [0.15, 0.2) is 18.2 Å². The highest BCUT2D eigenvalue weighted by atomic mass is 35.5. The van der Waals surface area contributed by atoms with Crippen LogP contribution in [0.3, 0.4) is 0 Å². The normalized spacial score (nSPS) is 9.65. The molecule has 1 N–H and O–H groups in total. The van der Waals surface area contributed by atoms with Crippen molar-refractivity contribution in [2.75, 3.05) is 27.2 Å². The molecule has 0 fully saturated rings. The molecule has 1 rings (SSSR count). The van der Waals surface area contributed by atoms with Gasteiger partial charge in [0, 0.05) is 30.7 Å². The molecular formula is C12H18Cl2N2O. The van der Waals surface area contributed by atoms with Crippen LogP contribution < -0.4 is 5.32 Å². The molecule has 0 saturated carbocycles. The zero-order chi connectivity index (χ0) is 12.1. The third-order valence-electron chi connectivity index (χ3n) is 2.33. The van der Waals surface area contributed by atoms with E-state index in [0.29, 0.717) is 17.1 Å². The van der Waals surface area contributed by atoms with Crippen molar-refractivity contribution >= 4 is 29.9 Å². The first-order chi connectivity index (χ1) is 7.54. The van der Waals surface area contributed by atoms with Crippen LogP contribution >= 0.6 is 24.0 Å². The van der Waals surface area contributed by atoms with E-state index in [1.807, 2.05) is 26.1 Å². The van der Waals surface area contributed by atoms with Crippen LogP contribution in [0, 0.1) is 6.92 Å². The lowest BCUT2D eigenvalue weighted by molar-refractivity contribution is 0.0797. The lowest BCUT2D eigenvalue weighted by Gasteiger charge is -2.17. The number of likely N-dealkylation sites (N-methyl/N-ethyl adjacent to an activating group) is 2. The Bertz CT molecular complexity index is 363. The van der Waals surface area contributed by atoms with Gasteiger partial charge in [-0.15, -0.1) is 12.4 Å². The van der Waals surface area contributed by atoms with Crippen molar-refractivity contribution in [3.8, 4) is 0 Å². The van der Waals surface area contributed by atoms with Crippen molar-refractivity contribution in [2.24, 2.45) is 0 Å². The summed E-state index contributed by atoms with van der Waals surface area (Å²) in [5, 5.41) is 3.61. The molecule has 0 unspecified atom stereocenters. The van der Waals surface area contributed by atoms with Crippen LogP contribution in [0.5, 0.6) is 0 Å². The van der Waals surface area contributed by atoms with Crippen LogP contribution in [0.4, 0.5) is 0 Å². The van der Waals surface area contributed by atoms with Gasteiger partial charge in [0.15, 0.2) is 0 Å². The minimum absolute atomic E-state index is 0. The molecule has 17 heavy (non-hydrogen) atoms. The second kappa shape index (κ2) is 7.54. The van der Waals surface area contributed by atoms with Crippen LogP contribution in [-0.4, -0.2) is 38.0 Å². The second-order valence-corrected chi connectivity index (χ2v) is 4.28. The molecule has 0 radical (unpaired) electrons. The number of amides is 1. The first-order valence-electron chi connectivity index (χ1n) is 5.22. The molecule has 3 nitrogen and oxygen atoms in total. The van der Waals surface area contributed by atoms with Crippen LogP contribution in [0.2, 0.25) is 5.02 Å². The van der Waals surface area contributed by atoms with Crippen molar-refractivity contribution in [3.63, 3.8) is 0 Å². The molecule has 0 atom stereocenters. The van der Waals surface area contributed by atoms with Crippen molar-refractivity contribution in [1.82, 2.24) is 10.2 Å². The molecule has 0 saturated heterocycles. The highest BCUT2D eigenvalue weighted by Gasteiger charge is 2.11. The molecule has 0 bridgehead atoms. The maximum atomic E-state index is 12.0. The van der Waals surface area contributed by atoms with Gasteiger partial charge in [0.2, 0.25) is 0 Å². The maximum absolute atomic E-state index is 12.0. The van der Waals surface area contributed by atoms with E-state index in [4.69, 9.17) is 11.6 Å². The zero-order valence-electron chi connectivity index (χ0n) is 10.3. The standard InChI is InChI=1S/C12H17ClN2O.ClH/c1-9-6-10(8-11(13)7-9)12(16)15(3)5-4-14-2;/h6-8,14H,4-5H2,1-3H3;1H. The molecule has 1 aromatic rings. The molecule has 0 aromatic heterocycles. The van der Waals surface area contributed by atoms with Crippen LogP contribution in [0.1, 0.15) is 15.9 Å². The minimum Gasteiger partial charge on any atom is -0.340 e. The topological polar surface area (TPSA) is 32.3 Å². The number of nitrogens with one attached hydrogen (secondary N) is 1. The molecule has 1 aromatic carbocycles. The maximum Gasteiger partial charge on any atom is 0.253 e. The Labute approximate surface area is 114 Å². The van der Waals surface area contributed by atoms with Gasteiger partial charge in [-0.25, -0.2) is 0 Å².